The van der Waals surface area contributed by atoms with Gasteiger partial charge < -0.3 is 63.7 Å². The molecule has 21 nitrogen and oxygen atoms in total. The highest BCUT2D eigenvalue weighted by Gasteiger charge is 2.56. The molecule has 0 unspecified atom stereocenters. The number of carbonyl (C=O) groups excluding carboxylic acids is 5. The highest BCUT2D eigenvalue weighted by Crippen LogP contribution is 2.48. The number of para-hydroxylation sites is 2. The third kappa shape index (κ3) is 23.7. The van der Waals surface area contributed by atoms with Gasteiger partial charge in [-0.25, -0.2) is 4.79 Å². The van der Waals surface area contributed by atoms with Gasteiger partial charge in [0.05, 0.1) is 77.5 Å². The lowest BCUT2D eigenvalue weighted by molar-refractivity contribution is -0.167. The van der Waals surface area contributed by atoms with E-state index in [9.17, 15) is 34.2 Å². The van der Waals surface area contributed by atoms with Crippen molar-refractivity contribution in [3.63, 3.8) is 0 Å². The normalized spacial score (nSPS) is 24.2. The van der Waals surface area contributed by atoms with E-state index < -0.39 is 0 Å². The van der Waals surface area contributed by atoms with Crippen molar-refractivity contribution in [2.45, 2.75) is 207 Å². The van der Waals surface area contributed by atoms with E-state index in [-0.39, 0.29) is 103 Å². The third-order valence-electron chi connectivity index (χ3n) is 30.6. The number of piperazine rings is 1. The molecule has 720 valence electrons. The first-order valence-electron chi connectivity index (χ1n) is 50.4. The predicted octanol–water partition coefficient (Wildman–Crippen LogP) is 16.1. The van der Waals surface area contributed by atoms with E-state index in [0.29, 0.717) is 55.4 Å². The van der Waals surface area contributed by atoms with Crippen LogP contribution in [0.1, 0.15) is 219 Å². The second kappa shape index (κ2) is 48.2. The quantitative estimate of drug-likeness (QED) is 0.0451. The molecule has 11 aliphatic rings. The molecule has 21 heteroatoms. The van der Waals surface area contributed by atoms with Crippen molar-refractivity contribution in [3.05, 3.63) is 267 Å². The van der Waals surface area contributed by atoms with Crippen LogP contribution >= 0.6 is 0 Å². The molecule has 8 aromatic carbocycles. The van der Waals surface area contributed by atoms with Gasteiger partial charge in [-0.1, -0.05) is 208 Å². The van der Waals surface area contributed by atoms with Crippen LogP contribution in [0.15, 0.2) is 200 Å². The highest BCUT2D eigenvalue weighted by molar-refractivity contribution is 5.88. The Morgan fingerprint density at radius 3 is 1.28 bits per heavy atom. The maximum Gasteiger partial charge on any atom is 0.317 e. The molecule has 3 aliphatic carbocycles. The summed E-state index contributed by atoms with van der Waals surface area (Å²) in [5.41, 5.74) is 12.8. The summed E-state index contributed by atoms with van der Waals surface area (Å²) >= 11 is 0. The summed E-state index contributed by atoms with van der Waals surface area (Å²) in [5.74, 6) is 23.9. The number of hydrogen-bond donors (Lipinski definition) is 3. The van der Waals surface area contributed by atoms with Gasteiger partial charge in [0.25, 0.3) is 0 Å². The van der Waals surface area contributed by atoms with Crippen molar-refractivity contribution >= 4 is 41.8 Å². The molecule has 11 fully saturated rings. The minimum atomic E-state index is -0.0132. The largest absolute Gasteiger partial charge is 0.497 e. The maximum absolute atomic E-state index is 13.1. The third-order valence-corrected chi connectivity index (χ3v) is 30.6. The molecule has 6 amide bonds. The van der Waals surface area contributed by atoms with Crippen LogP contribution in [0.3, 0.4) is 0 Å². The Kier molecular flexibility index (Phi) is 34.6. The number of ether oxygens (including phenoxy) is 5. The molecule has 12 atom stereocenters. The average Bonchev–Trinajstić information content (AvgIpc) is 0.764. The number of amides is 6. The van der Waals surface area contributed by atoms with Gasteiger partial charge >= 0.3 is 6.03 Å². The van der Waals surface area contributed by atoms with Crippen molar-refractivity contribution in [1.29, 1.82) is 0 Å². The van der Waals surface area contributed by atoms with Crippen LogP contribution in [0, 0.1) is 47.4 Å². The van der Waals surface area contributed by atoms with Gasteiger partial charge in [-0.2, -0.15) is 0 Å². The van der Waals surface area contributed by atoms with Crippen molar-refractivity contribution in [3.8, 4) is 52.8 Å². The zero-order valence-electron chi connectivity index (χ0n) is 81.0. The summed E-state index contributed by atoms with van der Waals surface area (Å²) < 4.78 is 27.1. The summed E-state index contributed by atoms with van der Waals surface area (Å²) in [6.07, 6.45) is 24.3. The molecule has 8 heterocycles. The van der Waals surface area contributed by atoms with E-state index in [4.69, 9.17) is 23.7 Å². The molecular formula is C116H139N9O12. The molecule has 8 saturated heterocycles. The number of aliphatic hydroxyl groups excluding tert-OH is 2. The molecule has 8 aromatic rings. The van der Waals surface area contributed by atoms with E-state index in [1.54, 1.807) is 40.4 Å². The number of rotatable bonds is 21. The molecule has 19 rings (SSSR count). The zero-order valence-corrected chi connectivity index (χ0v) is 81.0. The summed E-state index contributed by atoms with van der Waals surface area (Å²) in [5, 5.41) is 23.7. The Hall–Kier alpha value is -11.6. The van der Waals surface area contributed by atoms with Gasteiger partial charge in [-0.15, -0.1) is 0 Å². The first kappa shape index (κ1) is 98.5. The Morgan fingerprint density at radius 2 is 0.818 bits per heavy atom. The fourth-order valence-electron chi connectivity index (χ4n) is 22.6. The molecule has 8 aliphatic heterocycles. The molecule has 0 radical (unpaired) electrons. The second-order valence-corrected chi connectivity index (χ2v) is 38.8. The lowest BCUT2D eigenvalue weighted by Crippen LogP contribution is -2.73. The van der Waals surface area contributed by atoms with Crippen molar-refractivity contribution in [2.75, 3.05) is 134 Å². The first-order chi connectivity index (χ1) is 67.2. The van der Waals surface area contributed by atoms with Crippen LogP contribution in [0.25, 0.3) is 12.2 Å². The van der Waals surface area contributed by atoms with Gasteiger partial charge in [0.15, 0.2) is 0 Å². The minimum Gasteiger partial charge on any atom is -0.497 e. The number of unbranched alkanes of at least 4 members (excludes halogenated alkanes) is 1. The van der Waals surface area contributed by atoms with E-state index >= 15 is 0 Å². The highest BCUT2D eigenvalue weighted by atomic mass is 16.5. The van der Waals surface area contributed by atoms with Crippen molar-refractivity contribution in [2.24, 2.45) is 11.8 Å². The SMILES string of the molecule is CCCCC(=O)N1CC(=O)N2[C@@H](COC)[C@@H](c3ccc(C#Cc4cccc(OC)c4)cc3)[C@@H]2C1.COC[C@H]1[C@H](c2ccc(/C=C/c3ccccc3)cc2)[C@@H]2CN(C(=O)NC3CCCC3)CCCCN12.COc1ccccc1C#Cc1ccc([C@H]2[C@H](CO)N3CCCCN(C(=O)C4CCC4)C[C@@H]23)cc1.COc1ccccc1C#Cc1ccc([C@H]2[C@H]3CN(C(=O)C4CCC4)CCCCN3[C@H]2CO)cc1. The summed E-state index contributed by atoms with van der Waals surface area (Å²) in [4.78, 5) is 82.1. The molecule has 137 heavy (non-hydrogen) atoms. The number of aliphatic hydroxyl groups is 2. The lowest BCUT2D eigenvalue weighted by Gasteiger charge is -2.59. The number of nitrogens with zero attached hydrogens (tertiary/aromatic N) is 8. The molecule has 3 N–H and O–H groups in total. The summed E-state index contributed by atoms with van der Waals surface area (Å²) in [6, 6.07) is 69.6. The van der Waals surface area contributed by atoms with E-state index in [2.05, 4.69) is 199 Å². The van der Waals surface area contributed by atoms with E-state index in [1.807, 2.05) is 95.9 Å². The number of nitrogens with one attached hydrogen (secondary N) is 1. The standard InChI is InChI=1S/C30H39N3O2.2C29H34N2O3.C28H32N2O4/c1-35-22-28-29(25-17-15-24(16-18-25)14-13-23-9-3-2-4-10-23)27-21-32(19-7-8-20-33(27)28)30(34)31-26-11-5-6-12-26;2*1-34-27-10-3-2-7-22(27)14-11-21-12-15-23(16-13-21)28-25-19-30(29(33)24-8-6-9-24)17-4-5-18-31(25)26(28)20-32;1-4-5-9-26(31)29-17-24-28(25(19-33-2)30(24)27(32)18-29)22-14-12-20(13-15-22)10-11-21-7-6-8-23(16-21)34-3/h2-4,9-10,13-18,26-29H,5-8,11-12,19-22H2,1H3,(H,31,34);2*2-3,7,10,12-13,15-16,24-26,28,32H,4-6,8-9,17-20H2,1H3;6-8,12-16,24-25,28H,4-5,9,17-19H2,1-3H3/b14-13+;;;/t27-,28-,29+;25-,26+,28+;25-,26-,28+;24-,25-,28-/m0100/s1. The van der Waals surface area contributed by atoms with Gasteiger partial charge in [-0.3, -0.25) is 33.9 Å². The average molecular weight is 1850 g/mol. The Morgan fingerprint density at radius 1 is 0.401 bits per heavy atom. The summed E-state index contributed by atoms with van der Waals surface area (Å²) in [6.45, 7) is 12.3. The maximum atomic E-state index is 13.1. The van der Waals surface area contributed by atoms with Crippen molar-refractivity contribution in [1.82, 2.24) is 44.5 Å². The lowest BCUT2D eigenvalue weighted by atomic mass is 9.73. The number of benzene rings is 8. The van der Waals surface area contributed by atoms with E-state index in [0.717, 1.165) is 212 Å². The molecule has 3 saturated carbocycles. The fourth-order valence-corrected chi connectivity index (χ4v) is 22.6. The van der Waals surface area contributed by atoms with Gasteiger partial charge in [0.1, 0.15) is 17.2 Å². The topological polar surface area (TPSA) is 210 Å². The van der Waals surface area contributed by atoms with Gasteiger partial charge in [0.2, 0.25) is 23.6 Å². The molecule has 0 aromatic heterocycles. The van der Waals surface area contributed by atoms with E-state index in [1.165, 1.54) is 53.5 Å². The Labute approximate surface area is 812 Å². The number of hydrogen-bond acceptors (Lipinski definition) is 15. The number of carbonyl (C=O) groups is 5. The monoisotopic (exact) mass is 1850 g/mol. The Bertz CT molecular complexity index is 5400. The minimum absolute atomic E-state index is 0.0101. The first-order valence-corrected chi connectivity index (χ1v) is 50.4. The van der Waals surface area contributed by atoms with Crippen LogP contribution in [0.4, 0.5) is 4.79 Å². The van der Waals surface area contributed by atoms with Gasteiger partial charge in [0, 0.05) is 167 Å². The second-order valence-electron chi connectivity index (χ2n) is 38.8. The Balaban J connectivity index is 0.000000132. The molecule has 0 bridgehead atoms. The zero-order chi connectivity index (χ0) is 95.1. The van der Waals surface area contributed by atoms with Gasteiger partial charge in [-0.05, 0) is 215 Å². The van der Waals surface area contributed by atoms with Crippen LogP contribution in [-0.4, -0.2) is 267 Å². The predicted molar refractivity (Wildman–Crippen MR) is 538 cm³/mol. The molecule has 0 spiro atoms. The van der Waals surface area contributed by atoms with Crippen LogP contribution < -0.4 is 19.5 Å². The molecular weight excluding hydrogens is 1710 g/mol. The number of fused-ring (bicyclic) bond motifs is 4. The van der Waals surface area contributed by atoms with Crippen LogP contribution in [0.2, 0.25) is 0 Å². The van der Waals surface area contributed by atoms with Crippen LogP contribution in [0.5, 0.6) is 17.2 Å². The summed E-state index contributed by atoms with van der Waals surface area (Å²) in [7, 11) is 8.42. The smallest absolute Gasteiger partial charge is 0.317 e. The van der Waals surface area contributed by atoms with Crippen LogP contribution in [-0.2, 0) is 28.7 Å². The number of methoxy groups -OCH3 is 5. The number of urea groups is 1. The van der Waals surface area contributed by atoms with Crippen molar-refractivity contribution < 1.29 is 57.9 Å². The fraction of sp³-hybridized carbons (Fsp3) is 0.474.